The number of carbonyl (C=O) groups excluding carboxylic acids is 1. The maximum absolute atomic E-state index is 10.6. The van der Waals surface area contributed by atoms with Crippen LogP contribution in [0, 0.1) is 0 Å². The second-order valence-corrected chi connectivity index (χ2v) is 3.68. The predicted molar refractivity (Wildman–Crippen MR) is 60.7 cm³/mol. The zero-order chi connectivity index (χ0) is 11.7. The first-order valence-electron chi connectivity index (χ1n) is 5.16. The summed E-state index contributed by atoms with van der Waals surface area (Å²) >= 11 is 0. The van der Waals surface area contributed by atoms with Gasteiger partial charge in [-0.2, -0.15) is 5.10 Å². The summed E-state index contributed by atoms with van der Waals surface area (Å²) in [6, 6.07) is 5.48. The highest BCUT2D eigenvalue weighted by atomic mass is 16.3. The molecule has 0 radical (unpaired) electrons. The first kappa shape index (κ1) is 9.77. The number of furan rings is 1. The van der Waals surface area contributed by atoms with Crippen LogP contribution in [0.1, 0.15) is 16.1 Å². The van der Waals surface area contributed by atoms with Crippen molar-refractivity contribution < 1.29 is 9.21 Å². The van der Waals surface area contributed by atoms with Gasteiger partial charge < -0.3 is 4.42 Å². The van der Waals surface area contributed by atoms with E-state index in [1.165, 1.54) is 6.20 Å². The summed E-state index contributed by atoms with van der Waals surface area (Å²) in [4.78, 5) is 14.9. The molecule has 3 aromatic rings. The van der Waals surface area contributed by atoms with Gasteiger partial charge in [0.25, 0.3) is 0 Å². The molecule has 0 saturated carbocycles. The summed E-state index contributed by atoms with van der Waals surface area (Å²) in [6.45, 7) is 0.532. The first-order chi connectivity index (χ1) is 8.36. The second kappa shape index (κ2) is 3.86. The van der Waals surface area contributed by atoms with Gasteiger partial charge in [0.1, 0.15) is 12.3 Å². The van der Waals surface area contributed by atoms with Gasteiger partial charge >= 0.3 is 0 Å². The molecule has 5 nitrogen and oxygen atoms in total. The summed E-state index contributed by atoms with van der Waals surface area (Å²) < 4.78 is 6.99. The number of nitrogens with zero attached hydrogens (tertiary/aromatic N) is 3. The third-order valence-corrected chi connectivity index (χ3v) is 2.52. The Balaban J connectivity index is 2.03. The van der Waals surface area contributed by atoms with E-state index >= 15 is 0 Å². The minimum absolute atomic E-state index is 0.532. The van der Waals surface area contributed by atoms with Crippen LogP contribution in [0.15, 0.2) is 41.3 Å². The highest BCUT2D eigenvalue weighted by molar-refractivity contribution is 5.83. The number of aromatic nitrogens is 3. The van der Waals surface area contributed by atoms with Crippen molar-refractivity contribution >= 4 is 17.3 Å². The van der Waals surface area contributed by atoms with E-state index in [2.05, 4.69) is 10.1 Å². The third-order valence-electron chi connectivity index (χ3n) is 2.52. The van der Waals surface area contributed by atoms with E-state index in [1.54, 1.807) is 23.2 Å². The Morgan fingerprint density at radius 2 is 2.35 bits per heavy atom. The molecule has 0 bridgehead atoms. The van der Waals surface area contributed by atoms with Gasteiger partial charge in [-0.1, -0.05) is 0 Å². The van der Waals surface area contributed by atoms with Gasteiger partial charge in [-0.05, 0) is 18.2 Å². The average Bonchev–Trinajstić information content (AvgIpc) is 2.99. The Morgan fingerprint density at radius 1 is 1.41 bits per heavy atom. The Bertz CT molecular complexity index is 656. The van der Waals surface area contributed by atoms with Gasteiger partial charge in [0.15, 0.2) is 11.9 Å². The molecule has 0 N–H and O–H groups in total. The van der Waals surface area contributed by atoms with Crippen molar-refractivity contribution in [3.63, 3.8) is 0 Å². The normalized spacial score (nSPS) is 10.8. The van der Waals surface area contributed by atoms with Crippen molar-refractivity contribution in [2.75, 3.05) is 0 Å². The highest BCUT2D eigenvalue weighted by Crippen LogP contribution is 2.13. The SMILES string of the molecule is O=Cc1cnc2c(cnn2Cc2ccco2)c1. The molecule has 0 spiro atoms. The van der Waals surface area contributed by atoms with Gasteiger partial charge in [-0.25, -0.2) is 9.67 Å². The quantitative estimate of drug-likeness (QED) is 0.641. The Labute approximate surface area is 96.7 Å². The Hall–Kier alpha value is -2.43. The average molecular weight is 227 g/mol. The second-order valence-electron chi connectivity index (χ2n) is 3.68. The van der Waals surface area contributed by atoms with Crippen LogP contribution in [0.5, 0.6) is 0 Å². The van der Waals surface area contributed by atoms with Crippen LogP contribution in [0.3, 0.4) is 0 Å². The predicted octanol–water partition coefficient (Wildman–Crippen LogP) is 1.89. The van der Waals surface area contributed by atoms with Gasteiger partial charge in [0.2, 0.25) is 0 Å². The maximum atomic E-state index is 10.6. The molecule has 17 heavy (non-hydrogen) atoms. The Kier molecular flexibility index (Phi) is 2.22. The lowest BCUT2D eigenvalue weighted by atomic mass is 10.2. The van der Waals surface area contributed by atoms with Gasteiger partial charge in [0, 0.05) is 17.1 Å². The van der Waals surface area contributed by atoms with Crippen molar-refractivity contribution in [1.29, 1.82) is 0 Å². The van der Waals surface area contributed by atoms with Crippen LogP contribution < -0.4 is 0 Å². The summed E-state index contributed by atoms with van der Waals surface area (Å²) in [6.07, 6.45) is 5.63. The van der Waals surface area contributed by atoms with Crippen molar-refractivity contribution in [3.05, 3.63) is 48.2 Å². The van der Waals surface area contributed by atoms with E-state index in [0.29, 0.717) is 12.1 Å². The molecule has 3 heterocycles. The Morgan fingerprint density at radius 3 is 3.12 bits per heavy atom. The molecular formula is C12H9N3O2. The molecule has 3 aromatic heterocycles. The van der Waals surface area contributed by atoms with Crippen molar-refractivity contribution in [1.82, 2.24) is 14.8 Å². The molecule has 0 saturated heterocycles. The van der Waals surface area contributed by atoms with E-state index in [9.17, 15) is 4.79 Å². The number of carbonyl (C=O) groups is 1. The molecule has 0 aliphatic heterocycles. The molecule has 5 heteroatoms. The van der Waals surface area contributed by atoms with E-state index in [4.69, 9.17) is 4.42 Å². The lowest BCUT2D eigenvalue weighted by Gasteiger charge is -1.99. The van der Waals surface area contributed by atoms with Crippen LogP contribution >= 0.6 is 0 Å². The zero-order valence-electron chi connectivity index (χ0n) is 8.91. The maximum Gasteiger partial charge on any atom is 0.158 e. The van der Waals surface area contributed by atoms with E-state index in [0.717, 1.165) is 23.1 Å². The van der Waals surface area contributed by atoms with Crippen LogP contribution in [0.4, 0.5) is 0 Å². The molecule has 0 unspecified atom stereocenters. The molecule has 3 rings (SSSR count). The lowest BCUT2D eigenvalue weighted by Crippen LogP contribution is -2.01. The minimum Gasteiger partial charge on any atom is -0.467 e. The zero-order valence-corrected chi connectivity index (χ0v) is 8.91. The molecule has 0 aliphatic rings. The van der Waals surface area contributed by atoms with Crippen LogP contribution in [-0.2, 0) is 6.54 Å². The monoisotopic (exact) mass is 227 g/mol. The molecule has 0 atom stereocenters. The van der Waals surface area contributed by atoms with Crippen LogP contribution in [-0.4, -0.2) is 21.1 Å². The van der Waals surface area contributed by atoms with Gasteiger partial charge in [0.05, 0.1) is 12.5 Å². The van der Waals surface area contributed by atoms with E-state index in [1.807, 2.05) is 12.1 Å². The number of pyridine rings is 1. The molecule has 0 aromatic carbocycles. The summed E-state index contributed by atoms with van der Waals surface area (Å²) in [7, 11) is 0. The standard InChI is InChI=1S/C12H9N3O2/c16-8-9-4-10-6-14-15(12(10)13-5-9)7-11-2-1-3-17-11/h1-6,8H,7H2. The minimum atomic E-state index is 0.532. The topological polar surface area (TPSA) is 60.9 Å². The highest BCUT2D eigenvalue weighted by Gasteiger charge is 2.06. The fraction of sp³-hybridized carbons (Fsp3) is 0.0833. The summed E-state index contributed by atoms with van der Waals surface area (Å²) in [5.41, 5.74) is 1.29. The molecule has 0 aliphatic carbocycles. The third kappa shape index (κ3) is 1.71. The van der Waals surface area contributed by atoms with Crippen molar-refractivity contribution in [2.24, 2.45) is 0 Å². The number of hydrogen-bond acceptors (Lipinski definition) is 4. The molecule has 0 amide bonds. The van der Waals surface area contributed by atoms with Crippen molar-refractivity contribution in [3.8, 4) is 0 Å². The number of fused-ring (bicyclic) bond motifs is 1. The van der Waals surface area contributed by atoms with Crippen LogP contribution in [0.2, 0.25) is 0 Å². The summed E-state index contributed by atoms with van der Waals surface area (Å²) in [5, 5.41) is 5.07. The molecule has 0 fully saturated rings. The van der Waals surface area contributed by atoms with Gasteiger partial charge in [-0.15, -0.1) is 0 Å². The summed E-state index contributed by atoms with van der Waals surface area (Å²) in [5.74, 6) is 0.816. The number of rotatable bonds is 3. The lowest BCUT2D eigenvalue weighted by molar-refractivity contribution is 0.112. The van der Waals surface area contributed by atoms with E-state index < -0.39 is 0 Å². The van der Waals surface area contributed by atoms with Crippen molar-refractivity contribution in [2.45, 2.75) is 6.54 Å². The van der Waals surface area contributed by atoms with Gasteiger partial charge in [-0.3, -0.25) is 4.79 Å². The fourth-order valence-corrected chi connectivity index (χ4v) is 1.72. The number of hydrogen-bond donors (Lipinski definition) is 0. The largest absolute Gasteiger partial charge is 0.467 e. The molecular weight excluding hydrogens is 218 g/mol. The smallest absolute Gasteiger partial charge is 0.158 e. The first-order valence-corrected chi connectivity index (χ1v) is 5.16. The number of aldehydes is 1. The van der Waals surface area contributed by atoms with E-state index in [-0.39, 0.29) is 0 Å². The molecule has 84 valence electrons. The fourth-order valence-electron chi connectivity index (χ4n) is 1.72. The van der Waals surface area contributed by atoms with Crippen LogP contribution in [0.25, 0.3) is 11.0 Å².